The lowest BCUT2D eigenvalue weighted by atomic mass is 10.1. The lowest BCUT2D eigenvalue weighted by Crippen LogP contribution is -2.40. The van der Waals surface area contributed by atoms with Crippen LogP contribution in [0.3, 0.4) is 0 Å². The van der Waals surface area contributed by atoms with Crippen molar-refractivity contribution in [3.05, 3.63) is 35.4 Å². The topological polar surface area (TPSA) is 60.3 Å². The summed E-state index contributed by atoms with van der Waals surface area (Å²) in [7, 11) is 0. The van der Waals surface area contributed by atoms with E-state index in [0.717, 1.165) is 58.3 Å². The standard InChI is InChI=1S/C19H30N4O2.HI/c1-2-20-19(23-7-6-18(24)15-23)21-13-16-4-3-5-17(12-16)14-22-8-10-25-11-9-22;/h3-5,12,18,24H,2,6-11,13-15H2,1H3,(H,20,21);1H/t18-;/m1./s1. The first-order chi connectivity index (χ1) is 12.2. The average molecular weight is 474 g/mol. The highest BCUT2D eigenvalue weighted by Crippen LogP contribution is 2.12. The van der Waals surface area contributed by atoms with Crippen molar-refractivity contribution >= 4 is 29.9 Å². The summed E-state index contributed by atoms with van der Waals surface area (Å²) in [6.45, 7) is 9.75. The van der Waals surface area contributed by atoms with Crippen molar-refractivity contribution in [2.45, 2.75) is 32.5 Å². The molecule has 1 aromatic rings. The first-order valence-corrected chi connectivity index (χ1v) is 9.34. The molecular formula is C19H31IN4O2. The molecule has 2 saturated heterocycles. The van der Waals surface area contributed by atoms with Crippen LogP contribution in [-0.2, 0) is 17.8 Å². The van der Waals surface area contributed by atoms with Gasteiger partial charge in [0.15, 0.2) is 5.96 Å². The molecule has 0 spiro atoms. The summed E-state index contributed by atoms with van der Waals surface area (Å²) in [6, 6.07) is 8.69. The highest BCUT2D eigenvalue weighted by atomic mass is 127. The Morgan fingerprint density at radius 3 is 2.73 bits per heavy atom. The minimum atomic E-state index is -0.235. The van der Waals surface area contributed by atoms with Gasteiger partial charge in [-0.15, -0.1) is 24.0 Å². The number of ether oxygens (including phenoxy) is 1. The molecule has 0 unspecified atom stereocenters. The highest BCUT2D eigenvalue weighted by Gasteiger charge is 2.22. The number of likely N-dealkylation sites (tertiary alicyclic amines) is 1. The number of aliphatic imine (C=N–C) groups is 1. The first-order valence-electron chi connectivity index (χ1n) is 9.34. The summed E-state index contributed by atoms with van der Waals surface area (Å²) in [5, 5.41) is 13.1. The first kappa shape index (κ1) is 21.4. The Kier molecular flexibility index (Phi) is 9.10. The molecule has 1 atom stereocenters. The van der Waals surface area contributed by atoms with Crippen LogP contribution in [0.25, 0.3) is 0 Å². The number of nitrogens with one attached hydrogen (secondary N) is 1. The zero-order chi connectivity index (χ0) is 17.5. The van der Waals surface area contributed by atoms with E-state index < -0.39 is 0 Å². The van der Waals surface area contributed by atoms with Crippen LogP contribution >= 0.6 is 24.0 Å². The van der Waals surface area contributed by atoms with Gasteiger partial charge in [-0.2, -0.15) is 0 Å². The molecule has 3 rings (SSSR count). The van der Waals surface area contributed by atoms with Gasteiger partial charge in [0.25, 0.3) is 0 Å². The Hall–Kier alpha value is -0.900. The molecule has 7 heteroatoms. The third kappa shape index (κ3) is 6.37. The van der Waals surface area contributed by atoms with Gasteiger partial charge < -0.3 is 20.1 Å². The number of rotatable bonds is 5. The molecule has 1 aromatic carbocycles. The second-order valence-electron chi connectivity index (χ2n) is 6.77. The van der Waals surface area contributed by atoms with E-state index >= 15 is 0 Å². The van der Waals surface area contributed by atoms with Gasteiger partial charge in [0.1, 0.15) is 0 Å². The predicted octanol–water partition coefficient (Wildman–Crippen LogP) is 1.67. The van der Waals surface area contributed by atoms with E-state index in [-0.39, 0.29) is 30.1 Å². The number of halogens is 1. The molecular weight excluding hydrogens is 443 g/mol. The van der Waals surface area contributed by atoms with Crippen molar-refractivity contribution in [3.63, 3.8) is 0 Å². The number of aliphatic hydroxyl groups is 1. The molecule has 2 aliphatic rings. The van der Waals surface area contributed by atoms with E-state index in [2.05, 4.69) is 46.3 Å². The maximum absolute atomic E-state index is 9.76. The minimum absolute atomic E-state index is 0. The van der Waals surface area contributed by atoms with Crippen molar-refractivity contribution in [2.24, 2.45) is 4.99 Å². The molecule has 0 aliphatic carbocycles. The highest BCUT2D eigenvalue weighted by molar-refractivity contribution is 14.0. The summed E-state index contributed by atoms with van der Waals surface area (Å²) in [5.74, 6) is 0.901. The lowest BCUT2D eigenvalue weighted by molar-refractivity contribution is 0.0342. The molecule has 2 heterocycles. The van der Waals surface area contributed by atoms with Gasteiger partial charge in [-0.1, -0.05) is 24.3 Å². The summed E-state index contributed by atoms with van der Waals surface area (Å²) >= 11 is 0. The van der Waals surface area contributed by atoms with Crippen LogP contribution in [0.15, 0.2) is 29.3 Å². The normalized spacial score (nSPS) is 21.5. The van der Waals surface area contributed by atoms with Gasteiger partial charge in [0, 0.05) is 39.3 Å². The third-order valence-electron chi connectivity index (χ3n) is 4.71. The summed E-state index contributed by atoms with van der Waals surface area (Å²) < 4.78 is 5.42. The number of guanidine groups is 1. The van der Waals surface area contributed by atoms with Gasteiger partial charge in [0.2, 0.25) is 0 Å². The second kappa shape index (κ2) is 11.1. The van der Waals surface area contributed by atoms with Gasteiger partial charge in [-0.05, 0) is 24.5 Å². The maximum Gasteiger partial charge on any atom is 0.194 e. The minimum Gasteiger partial charge on any atom is -0.391 e. The Bertz CT molecular complexity index is 578. The Morgan fingerprint density at radius 1 is 1.27 bits per heavy atom. The van der Waals surface area contributed by atoms with Crippen molar-refractivity contribution in [2.75, 3.05) is 45.9 Å². The van der Waals surface area contributed by atoms with Gasteiger partial charge in [-0.3, -0.25) is 4.90 Å². The van der Waals surface area contributed by atoms with E-state index in [0.29, 0.717) is 13.1 Å². The molecule has 2 N–H and O–H groups in total. The van der Waals surface area contributed by atoms with Gasteiger partial charge in [-0.25, -0.2) is 4.99 Å². The molecule has 0 bridgehead atoms. The number of morpholine rings is 1. The van der Waals surface area contributed by atoms with Crippen molar-refractivity contribution in [3.8, 4) is 0 Å². The van der Waals surface area contributed by atoms with E-state index in [1.54, 1.807) is 0 Å². The van der Waals surface area contributed by atoms with Gasteiger partial charge >= 0.3 is 0 Å². The molecule has 26 heavy (non-hydrogen) atoms. The van der Waals surface area contributed by atoms with Crippen LogP contribution in [0, 0.1) is 0 Å². The Morgan fingerprint density at radius 2 is 2.04 bits per heavy atom. The Balaban J connectivity index is 0.00000243. The average Bonchev–Trinajstić information content (AvgIpc) is 3.06. The molecule has 0 radical (unpaired) electrons. The number of nitrogens with zero attached hydrogens (tertiary/aromatic N) is 3. The number of β-amino-alcohol motifs (C(OH)–C–C–N with tert-alkyl or cyclic N) is 1. The van der Waals surface area contributed by atoms with Crippen LogP contribution in [0.2, 0.25) is 0 Å². The summed E-state index contributed by atoms with van der Waals surface area (Å²) in [5.41, 5.74) is 2.55. The molecule has 0 aromatic heterocycles. The summed E-state index contributed by atoms with van der Waals surface area (Å²) in [4.78, 5) is 9.35. The Labute approximate surface area is 173 Å². The fourth-order valence-electron chi connectivity index (χ4n) is 3.37. The molecule has 0 amide bonds. The molecule has 2 aliphatic heterocycles. The lowest BCUT2D eigenvalue weighted by Gasteiger charge is -2.26. The second-order valence-corrected chi connectivity index (χ2v) is 6.77. The predicted molar refractivity (Wildman–Crippen MR) is 115 cm³/mol. The fourth-order valence-corrected chi connectivity index (χ4v) is 3.37. The third-order valence-corrected chi connectivity index (χ3v) is 4.71. The number of aliphatic hydroxyl groups excluding tert-OH is 1. The number of hydrogen-bond acceptors (Lipinski definition) is 4. The van der Waals surface area contributed by atoms with Crippen LogP contribution in [0.1, 0.15) is 24.5 Å². The van der Waals surface area contributed by atoms with Crippen LogP contribution in [-0.4, -0.2) is 72.9 Å². The molecule has 146 valence electrons. The molecule has 2 fully saturated rings. The zero-order valence-corrected chi connectivity index (χ0v) is 17.9. The summed E-state index contributed by atoms with van der Waals surface area (Å²) in [6.07, 6.45) is 0.583. The zero-order valence-electron chi connectivity index (χ0n) is 15.6. The smallest absolute Gasteiger partial charge is 0.194 e. The number of benzene rings is 1. The van der Waals surface area contributed by atoms with E-state index in [9.17, 15) is 5.11 Å². The molecule has 0 saturated carbocycles. The van der Waals surface area contributed by atoms with Crippen molar-refractivity contribution in [1.29, 1.82) is 0 Å². The van der Waals surface area contributed by atoms with E-state index in [4.69, 9.17) is 9.73 Å². The van der Waals surface area contributed by atoms with E-state index in [1.807, 2.05) is 0 Å². The maximum atomic E-state index is 9.76. The van der Waals surface area contributed by atoms with Crippen molar-refractivity contribution < 1.29 is 9.84 Å². The van der Waals surface area contributed by atoms with E-state index in [1.165, 1.54) is 11.1 Å². The quantitative estimate of drug-likeness (QED) is 0.387. The largest absolute Gasteiger partial charge is 0.391 e. The van der Waals surface area contributed by atoms with Gasteiger partial charge in [0.05, 0.1) is 25.9 Å². The number of hydrogen-bond donors (Lipinski definition) is 2. The van der Waals surface area contributed by atoms with Crippen molar-refractivity contribution in [1.82, 2.24) is 15.1 Å². The monoisotopic (exact) mass is 474 g/mol. The van der Waals surface area contributed by atoms with Crippen LogP contribution < -0.4 is 5.32 Å². The van der Waals surface area contributed by atoms with Crippen LogP contribution in [0.4, 0.5) is 0 Å². The molecule has 6 nitrogen and oxygen atoms in total. The fraction of sp³-hybridized carbons (Fsp3) is 0.632. The SMILES string of the molecule is CCNC(=NCc1cccc(CN2CCOCC2)c1)N1CC[C@@H](O)C1.I. The van der Waals surface area contributed by atoms with Crippen LogP contribution in [0.5, 0.6) is 0 Å².